The van der Waals surface area contributed by atoms with Crippen molar-refractivity contribution in [3.63, 3.8) is 0 Å². The summed E-state index contributed by atoms with van der Waals surface area (Å²) < 4.78 is 0. The van der Waals surface area contributed by atoms with Gasteiger partial charge in [0.2, 0.25) is 0 Å². The second kappa shape index (κ2) is 9.71. The second-order valence-corrected chi connectivity index (χ2v) is 7.48. The van der Waals surface area contributed by atoms with Gasteiger partial charge in [0, 0.05) is 0 Å². The first-order chi connectivity index (χ1) is 15.6. The second-order valence-electron chi connectivity index (χ2n) is 7.48. The van der Waals surface area contributed by atoms with Gasteiger partial charge in [-0.2, -0.15) is 0 Å². The highest BCUT2D eigenvalue weighted by molar-refractivity contribution is 6.11. The van der Waals surface area contributed by atoms with E-state index in [1.165, 1.54) is 12.2 Å². The Bertz CT molecular complexity index is 1310. The Balaban J connectivity index is 1.54. The zero-order valence-corrected chi connectivity index (χ0v) is 17.4. The third kappa shape index (κ3) is 5.08. The molecular formula is C29H22O3. The number of phenols is 1. The molecule has 4 rings (SSSR count). The van der Waals surface area contributed by atoms with Crippen molar-refractivity contribution in [1.29, 1.82) is 0 Å². The van der Waals surface area contributed by atoms with Crippen LogP contribution in [0.25, 0.3) is 34.1 Å². The van der Waals surface area contributed by atoms with E-state index in [4.69, 9.17) is 0 Å². The van der Waals surface area contributed by atoms with Crippen LogP contribution in [-0.4, -0.2) is 16.7 Å². The van der Waals surface area contributed by atoms with Crippen molar-refractivity contribution in [1.82, 2.24) is 0 Å². The number of rotatable bonds is 7. The zero-order valence-electron chi connectivity index (χ0n) is 17.4. The maximum atomic E-state index is 12.4. The number of carbonyl (C=O) groups excluding carboxylic acids is 2. The monoisotopic (exact) mass is 418 g/mol. The molecule has 3 heteroatoms. The molecule has 1 N–H and O–H groups in total. The van der Waals surface area contributed by atoms with Gasteiger partial charge in [0.05, 0.1) is 6.42 Å². The molecule has 0 aliphatic rings. The van der Waals surface area contributed by atoms with E-state index in [2.05, 4.69) is 24.3 Å². The van der Waals surface area contributed by atoms with Crippen LogP contribution in [0.2, 0.25) is 0 Å². The normalized spacial score (nSPS) is 11.4. The van der Waals surface area contributed by atoms with E-state index in [1.54, 1.807) is 36.4 Å². The van der Waals surface area contributed by atoms with Crippen molar-refractivity contribution in [3.05, 3.63) is 114 Å². The molecule has 0 aromatic heterocycles. The van der Waals surface area contributed by atoms with Gasteiger partial charge in [-0.1, -0.05) is 91.0 Å². The van der Waals surface area contributed by atoms with Gasteiger partial charge in [-0.25, -0.2) is 0 Å². The molecule has 3 nitrogen and oxygen atoms in total. The number of ketones is 2. The number of aromatic hydroxyl groups is 1. The van der Waals surface area contributed by atoms with Gasteiger partial charge in [0.25, 0.3) is 0 Å². The SMILES string of the molecule is O=C(/C=C/c1ccc(O)cc1)CC(=O)/C=C/c1ccc2ccccc2c1-c1ccccc1. The van der Waals surface area contributed by atoms with E-state index < -0.39 is 0 Å². The highest BCUT2D eigenvalue weighted by atomic mass is 16.3. The van der Waals surface area contributed by atoms with E-state index >= 15 is 0 Å². The Kier molecular flexibility index (Phi) is 6.38. The standard InChI is InChI=1S/C29H22O3/c30-25-16-10-21(11-17-25)12-18-26(31)20-27(32)19-15-24-14-13-22-6-4-5-9-28(22)29(24)23-7-2-1-3-8-23/h1-19,30H,20H2/b18-12+,19-15+. The van der Waals surface area contributed by atoms with E-state index in [0.717, 1.165) is 33.0 Å². The fourth-order valence-corrected chi connectivity index (χ4v) is 3.60. The third-order valence-electron chi connectivity index (χ3n) is 5.18. The molecule has 0 fully saturated rings. The lowest BCUT2D eigenvalue weighted by Crippen LogP contribution is -2.02. The van der Waals surface area contributed by atoms with Gasteiger partial charge in [0.15, 0.2) is 11.6 Å². The first kappa shape index (κ1) is 21.0. The highest BCUT2D eigenvalue weighted by Gasteiger charge is 2.09. The van der Waals surface area contributed by atoms with Crippen LogP contribution in [0, 0.1) is 0 Å². The fourth-order valence-electron chi connectivity index (χ4n) is 3.60. The molecule has 0 amide bonds. The predicted molar refractivity (Wildman–Crippen MR) is 130 cm³/mol. The first-order valence-electron chi connectivity index (χ1n) is 10.4. The molecule has 156 valence electrons. The Hall–Kier alpha value is -4.24. The van der Waals surface area contributed by atoms with Crippen LogP contribution in [0.5, 0.6) is 5.75 Å². The van der Waals surface area contributed by atoms with Gasteiger partial charge >= 0.3 is 0 Å². The lowest BCUT2D eigenvalue weighted by molar-refractivity contribution is -0.121. The van der Waals surface area contributed by atoms with Crippen molar-refractivity contribution in [3.8, 4) is 16.9 Å². The lowest BCUT2D eigenvalue weighted by atomic mass is 9.93. The molecule has 0 saturated heterocycles. The van der Waals surface area contributed by atoms with Crippen LogP contribution in [0.4, 0.5) is 0 Å². The summed E-state index contributed by atoms with van der Waals surface area (Å²) in [6.45, 7) is 0. The van der Waals surface area contributed by atoms with E-state index in [9.17, 15) is 14.7 Å². The maximum absolute atomic E-state index is 12.4. The Morgan fingerprint density at radius 2 is 1.34 bits per heavy atom. The lowest BCUT2D eigenvalue weighted by Gasteiger charge is -2.11. The third-order valence-corrected chi connectivity index (χ3v) is 5.18. The van der Waals surface area contributed by atoms with Gasteiger partial charge in [-0.05, 0) is 57.3 Å². The molecule has 0 radical (unpaired) electrons. The van der Waals surface area contributed by atoms with Crippen LogP contribution in [-0.2, 0) is 9.59 Å². The number of hydrogen-bond donors (Lipinski definition) is 1. The summed E-state index contributed by atoms with van der Waals surface area (Å²) in [5, 5.41) is 11.6. The van der Waals surface area contributed by atoms with E-state index in [1.807, 2.05) is 42.5 Å². The topological polar surface area (TPSA) is 54.4 Å². The molecule has 0 spiro atoms. The molecule has 0 unspecified atom stereocenters. The maximum Gasteiger partial charge on any atom is 0.163 e. The Morgan fingerprint density at radius 3 is 2.09 bits per heavy atom. The Morgan fingerprint density at radius 1 is 0.688 bits per heavy atom. The largest absolute Gasteiger partial charge is 0.508 e. The summed E-state index contributed by atoms with van der Waals surface area (Å²) in [6.07, 6.45) is 6.09. The number of phenolic OH excluding ortho intramolecular Hbond substituents is 1. The summed E-state index contributed by atoms with van der Waals surface area (Å²) in [4.78, 5) is 24.6. The fraction of sp³-hybridized carbons (Fsp3) is 0.0345. The molecule has 32 heavy (non-hydrogen) atoms. The molecule has 0 bridgehead atoms. The molecular weight excluding hydrogens is 396 g/mol. The molecule has 4 aromatic rings. The minimum absolute atomic E-state index is 0.164. The summed E-state index contributed by atoms with van der Waals surface area (Å²) in [5.74, 6) is -0.357. The molecule has 0 saturated carbocycles. The van der Waals surface area contributed by atoms with E-state index in [0.29, 0.717) is 0 Å². The van der Waals surface area contributed by atoms with Crippen LogP contribution in [0.15, 0.2) is 103 Å². The van der Waals surface area contributed by atoms with E-state index in [-0.39, 0.29) is 23.7 Å². The molecule has 0 aliphatic heterocycles. The minimum atomic E-state index is -0.269. The quantitative estimate of drug-likeness (QED) is 0.276. The number of allylic oxidation sites excluding steroid dienone is 2. The van der Waals surface area contributed by atoms with Crippen LogP contribution in [0.1, 0.15) is 17.5 Å². The van der Waals surface area contributed by atoms with Crippen LogP contribution < -0.4 is 0 Å². The molecule has 0 heterocycles. The van der Waals surface area contributed by atoms with Crippen LogP contribution in [0.3, 0.4) is 0 Å². The number of hydrogen-bond acceptors (Lipinski definition) is 3. The highest BCUT2D eigenvalue weighted by Crippen LogP contribution is 2.33. The number of fused-ring (bicyclic) bond motifs is 1. The molecule has 0 aliphatic carbocycles. The van der Waals surface area contributed by atoms with Crippen molar-refractivity contribution in [2.75, 3.05) is 0 Å². The van der Waals surface area contributed by atoms with Crippen molar-refractivity contribution in [2.24, 2.45) is 0 Å². The minimum Gasteiger partial charge on any atom is -0.508 e. The van der Waals surface area contributed by atoms with Crippen molar-refractivity contribution >= 4 is 34.5 Å². The van der Waals surface area contributed by atoms with Crippen molar-refractivity contribution < 1.29 is 14.7 Å². The first-order valence-corrected chi connectivity index (χ1v) is 10.4. The zero-order chi connectivity index (χ0) is 22.3. The van der Waals surface area contributed by atoms with Gasteiger partial charge in [0.1, 0.15) is 5.75 Å². The number of carbonyl (C=O) groups is 2. The summed E-state index contributed by atoms with van der Waals surface area (Å²) in [7, 11) is 0. The van der Waals surface area contributed by atoms with Gasteiger partial charge in [-0.3, -0.25) is 9.59 Å². The van der Waals surface area contributed by atoms with Crippen molar-refractivity contribution in [2.45, 2.75) is 6.42 Å². The predicted octanol–water partition coefficient (Wildman–Crippen LogP) is 6.47. The average molecular weight is 418 g/mol. The van der Waals surface area contributed by atoms with Crippen LogP contribution >= 0.6 is 0 Å². The van der Waals surface area contributed by atoms with Gasteiger partial charge < -0.3 is 5.11 Å². The average Bonchev–Trinajstić information content (AvgIpc) is 2.82. The summed E-state index contributed by atoms with van der Waals surface area (Å²) in [5.41, 5.74) is 3.84. The number of benzene rings is 4. The summed E-state index contributed by atoms with van der Waals surface area (Å²) in [6, 6.07) is 28.8. The molecule has 4 aromatic carbocycles. The summed E-state index contributed by atoms with van der Waals surface area (Å²) >= 11 is 0. The molecule has 0 atom stereocenters. The Labute approximate surface area is 187 Å². The van der Waals surface area contributed by atoms with Gasteiger partial charge in [-0.15, -0.1) is 0 Å². The smallest absolute Gasteiger partial charge is 0.163 e.